The van der Waals surface area contributed by atoms with Gasteiger partial charge in [0, 0.05) is 6.08 Å². The van der Waals surface area contributed by atoms with Crippen LogP contribution in [0, 0.1) is 10.8 Å². The third-order valence-corrected chi connectivity index (χ3v) is 2.54. The van der Waals surface area contributed by atoms with Crippen molar-refractivity contribution in [2.45, 2.75) is 25.4 Å². The SMILES string of the molecule is N=C(/C=C\N)OCCC1(C(F)(F)F)CC1. The van der Waals surface area contributed by atoms with Gasteiger partial charge in [-0.2, -0.15) is 13.2 Å². The number of nitrogens with one attached hydrogen (secondary N) is 1. The van der Waals surface area contributed by atoms with Crippen molar-refractivity contribution in [2.75, 3.05) is 6.61 Å². The fourth-order valence-corrected chi connectivity index (χ4v) is 1.32. The lowest BCUT2D eigenvalue weighted by molar-refractivity contribution is -0.190. The average molecular weight is 222 g/mol. The van der Waals surface area contributed by atoms with Crippen LogP contribution >= 0.6 is 0 Å². The van der Waals surface area contributed by atoms with Crippen LogP contribution in [0.5, 0.6) is 0 Å². The summed E-state index contributed by atoms with van der Waals surface area (Å²) in [4.78, 5) is 0. The third-order valence-electron chi connectivity index (χ3n) is 2.54. The van der Waals surface area contributed by atoms with Crippen molar-refractivity contribution < 1.29 is 17.9 Å². The zero-order valence-electron chi connectivity index (χ0n) is 8.10. The standard InChI is InChI=1S/C9H13F3N2O/c10-9(11,12)8(2-3-8)4-6-15-7(14)1-5-13/h1,5,14H,2-4,6,13H2/b5-1-,14-7?. The van der Waals surface area contributed by atoms with E-state index in [0.717, 1.165) is 6.20 Å². The van der Waals surface area contributed by atoms with Gasteiger partial charge in [-0.25, -0.2) is 0 Å². The van der Waals surface area contributed by atoms with Crippen molar-refractivity contribution in [3.8, 4) is 0 Å². The molecule has 0 radical (unpaired) electrons. The Morgan fingerprint density at radius 2 is 2.07 bits per heavy atom. The second-order valence-corrected chi connectivity index (χ2v) is 3.60. The van der Waals surface area contributed by atoms with Gasteiger partial charge < -0.3 is 10.5 Å². The van der Waals surface area contributed by atoms with E-state index in [4.69, 9.17) is 15.9 Å². The molecule has 0 unspecified atom stereocenters. The third kappa shape index (κ3) is 2.87. The van der Waals surface area contributed by atoms with Crippen molar-refractivity contribution in [2.24, 2.45) is 11.1 Å². The summed E-state index contributed by atoms with van der Waals surface area (Å²) in [6.07, 6.45) is -1.61. The molecule has 1 aliphatic rings. The summed E-state index contributed by atoms with van der Waals surface area (Å²) in [5, 5.41) is 7.10. The minimum atomic E-state index is -4.15. The quantitative estimate of drug-likeness (QED) is 0.565. The van der Waals surface area contributed by atoms with Gasteiger partial charge in [0.25, 0.3) is 0 Å². The van der Waals surface area contributed by atoms with Crippen LogP contribution in [0.1, 0.15) is 19.3 Å². The molecule has 6 heteroatoms. The molecule has 0 aromatic carbocycles. The molecular formula is C9H13F3N2O. The maximum atomic E-state index is 12.4. The Kier molecular flexibility index (Phi) is 3.26. The van der Waals surface area contributed by atoms with E-state index in [1.54, 1.807) is 0 Å². The Hall–Kier alpha value is -1.20. The number of halogens is 3. The molecule has 1 aliphatic carbocycles. The molecular weight excluding hydrogens is 209 g/mol. The Morgan fingerprint density at radius 1 is 1.47 bits per heavy atom. The normalized spacial score (nSPS) is 19.1. The van der Waals surface area contributed by atoms with Crippen LogP contribution in [0.15, 0.2) is 12.3 Å². The molecule has 0 heterocycles. The van der Waals surface area contributed by atoms with Crippen molar-refractivity contribution in [1.29, 1.82) is 5.41 Å². The van der Waals surface area contributed by atoms with E-state index >= 15 is 0 Å². The van der Waals surface area contributed by atoms with E-state index in [-0.39, 0.29) is 31.8 Å². The van der Waals surface area contributed by atoms with E-state index in [1.807, 2.05) is 0 Å². The molecule has 0 aliphatic heterocycles. The van der Waals surface area contributed by atoms with Crippen molar-refractivity contribution in [3.05, 3.63) is 12.3 Å². The van der Waals surface area contributed by atoms with Crippen molar-refractivity contribution in [3.63, 3.8) is 0 Å². The molecule has 15 heavy (non-hydrogen) atoms. The summed E-state index contributed by atoms with van der Waals surface area (Å²) < 4.78 is 42.0. The Bertz CT molecular complexity index is 269. The predicted molar refractivity (Wildman–Crippen MR) is 49.3 cm³/mol. The number of hydrogen-bond acceptors (Lipinski definition) is 3. The van der Waals surface area contributed by atoms with Gasteiger partial charge in [-0.1, -0.05) is 0 Å². The van der Waals surface area contributed by atoms with E-state index < -0.39 is 11.6 Å². The van der Waals surface area contributed by atoms with Crippen LogP contribution in [0.3, 0.4) is 0 Å². The zero-order valence-corrected chi connectivity index (χ0v) is 8.10. The summed E-state index contributed by atoms with van der Waals surface area (Å²) in [5.74, 6) is -0.213. The minimum absolute atomic E-state index is 0.0860. The van der Waals surface area contributed by atoms with Gasteiger partial charge in [0.1, 0.15) is 0 Å². The van der Waals surface area contributed by atoms with Gasteiger partial charge in [0.15, 0.2) is 0 Å². The zero-order chi connectivity index (χ0) is 11.5. The maximum absolute atomic E-state index is 12.4. The number of hydrogen-bond donors (Lipinski definition) is 2. The molecule has 0 spiro atoms. The summed E-state index contributed by atoms with van der Waals surface area (Å²) >= 11 is 0. The molecule has 0 saturated heterocycles. The Morgan fingerprint density at radius 3 is 2.47 bits per heavy atom. The fraction of sp³-hybridized carbons (Fsp3) is 0.667. The molecule has 3 nitrogen and oxygen atoms in total. The second-order valence-electron chi connectivity index (χ2n) is 3.60. The van der Waals surface area contributed by atoms with Crippen LogP contribution in [0.2, 0.25) is 0 Å². The van der Waals surface area contributed by atoms with Crippen LogP contribution < -0.4 is 5.73 Å². The first-order chi connectivity index (χ1) is 6.91. The second kappa shape index (κ2) is 4.12. The Labute approximate surface area is 85.6 Å². The van der Waals surface area contributed by atoms with E-state index in [0.29, 0.717) is 0 Å². The highest BCUT2D eigenvalue weighted by Gasteiger charge is 2.62. The summed E-state index contributed by atoms with van der Waals surface area (Å²) in [7, 11) is 0. The van der Waals surface area contributed by atoms with Gasteiger partial charge in [0.05, 0.1) is 12.0 Å². The van der Waals surface area contributed by atoms with Gasteiger partial charge in [-0.3, -0.25) is 5.41 Å². The fourth-order valence-electron chi connectivity index (χ4n) is 1.32. The topological polar surface area (TPSA) is 59.1 Å². The monoisotopic (exact) mass is 222 g/mol. The highest BCUT2D eigenvalue weighted by molar-refractivity contribution is 5.84. The summed E-state index contributed by atoms with van der Waals surface area (Å²) in [6.45, 7) is -0.0946. The molecule has 0 amide bonds. The molecule has 1 fully saturated rings. The first-order valence-electron chi connectivity index (χ1n) is 4.58. The lowest BCUT2D eigenvalue weighted by atomic mass is 10.0. The van der Waals surface area contributed by atoms with Gasteiger partial charge in [-0.05, 0) is 25.5 Å². The molecule has 86 valence electrons. The lowest BCUT2D eigenvalue weighted by Gasteiger charge is -2.18. The summed E-state index contributed by atoms with van der Waals surface area (Å²) in [6, 6.07) is 0. The first-order valence-corrected chi connectivity index (χ1v) is 4.58. The number of alkyl halides is 3. The molecule has 1 rings (SSSR count). The number of rotatable bonds is 4. The van der Waals surface area contributed by atoms with Gasteiger partial charge in [-0.15, -0.1) is 0 Å². The van der Waals surface area contributed by atoms with Crippen LogP contribution in [0.4, 0.5) is 13.2 Å². The number of ether oxygens (including phenoxy) is 1. The molecule has 0 aromatic heterocycles. The highest BCUT2D eigenvalue weighted by Crippen LogP contribution is 2.59. The van der Waals surface area contributed by atoms with E-state index in [1.165, 1.54) is 6.08 Å². The van der Waals surface area contributed by atoms with Gasteiger partial charge >= 0.3 is 6.18 Å². The molecule has 1 saturated carbocycles. The smallest absolute Gasteiger partial charge is 0.394 e. The average Bonchev–Trinajstić information content (AvgIpc) is 2.84. The van der Waals surface area contributed by atoms with Crippen LogP contribution in [-0.2, 0) is 4.74 Å². The van der Waals surface area contributed by atoms with E-state index in [9.17, 15) is 13.2 Å². The van der Waals surface area contributed by atoms with Crippen LogP contribution in [-0.4, -0.2) is 18.7 Å². The van der Waals surface area contributed by atoms with Crippen molar-refractivity contribution in [1.82, 2.24) is 0 Å². The number of nitrogens with two attached hydrogens (primary N) is 1. The van der Waals surface area contributed by atoms with E-state index in [2.05, 4.69) is 0 Å². The molecule has 0 aromatic rings. The largest absolute Gasteiger partial charge is 0.478 e. The maximum Gasteiger partial charge on any atom is 0.394 e. The summed E-state index contributed by atoms with van der Waals surface area (Å²) in [5.41, 5.74) is 3.43. The van der Waals surface area contributed by atoms with Crippen LogP contribution in [0.25, 0.3) is 0 Å². The van der Waals surface area contributed by atoms with Gasteiger partial charge in [0.2, 0.25) is 5.90 Å². The molecule has 3 N–H and O–H groups in total. The Balaban J connectivity index is 2.30. The first kappa shape index (κ1) is 11.9. The highest BCUT2D eigenvalue weighted by atomic mass is 19.4. The molecule has 0 atom stereocenters. The minimum Gasteiger partial charge on any atom is -0.478 e. The van der Waals surface area contributed by atoms with Crippen molar-refractivity contribution >= 4 is 5.90 Å². The predicted octanol–water partition coefficient (Wildman–Crippen LogP) is 2.19. The molecule has 0 bridgehead atoms. The lowest BCUT2D eigenvalue weighted by Crippen LogP contribution is -2.26.